The molecule has 5 nitrogen and oxygen atoms in total. The van der Waals surface area contributed by atoms with E-state index in [2.05, 4.69) is 15.0 Å². The number of sulfonamides is 1. The molecule has 0 aliphatic carbocycles. The number of aromatic nitrogens is 1. The Morgan fingerprint density at radius 1 is 0.885 bits per heavy atom. The first-order valence-corrected chi connectivity index (χ1v) is 9.78. The van der Waals surface area contributed by atoms with Crippen molar-refractivity contribution in [3.8, 4) is 0 Å². The Bertz CT molecular complexity index is 1020. The van der Waals surface area contributed by atoms with Crippen LogP contribution in [0.1, 0.15) is 11.1 Å². The van der Waals surface area contributed by atoms with E-state index in [0.717, 1.165) is 16.8 Å². The van der Waals surface area contributed by atoms with Crippen molar-refractivity contribution in [2.45, 2.75) is 18.7 Å². The minimum Gasteiger partial charge on any atom is -0.340 e. The minimum atomic E-state index is -3.65. The smallest absolute Gasteiger partial charge is 0.261 e. The Labute approximate surface area is 158 Å². The summed E-state index contributed by atoms with van der Waals surface area (Å²) in [6.45, 7) is 3.82. The molecular weight excluding hydrogens is 370 g/mol. The molecule has 26 heavy (non-hydrogen) atoms. The molecule has 2 aromatic carbocycles. The van der Waals surface area contributed by atoms with Crippen molar-refractivity contribution in [3.63, 3.8) is 0 Å². The lowest BCUT2D eigenvalue weighted by atomic mass is 10.1. The number of nitrogens with one attached hydrogen (secondary N) is 2. The Hall–Kier alpha value is -2.57. The number of halogens is 1. The second kappa shape index (κ2) is 7.35. The summed E-state index contributed by atoms with van der Waals surface area (Å²) in [4.78, 5) is 4.46. The first kappa shape index (κ1) is 18.2. The second-order valence-electron chi connectivity index (χ2n) is 5.92. The zero-order valence-corrected chi connectivity index (χ0v) is 15.9. The molecule has 0 spiro atoms. The normalized spacial score (nSPS) is 11.2. The van der Waals surface area contributed by atoms with Crippen LogP contribution in [-0.4, -0.2) is 13.4 Å². The molecule has 7 heteroatoms. The number of anilines is 3. The van der Waals surface area contributed by atoms with Crippen molar-refractivity contribution in [3.05, 3.63) is 76.9 Å². The van der Waals surface area contributed by atoms with E-state index in [4.69, 9.17) is 11.6 Å². The first-order chi connectivity index (χ1) is 12.3. The number of rotatable bonds is 5. The third kappa shape index (κ3) is 4.33. The summed E-state index contributed by atoms with van der Waals surface area (Å²) in [6.07, 6.45) is 1.47. The maximum absolute atomic E-state index is 12.5. The molecule has 1 heterocycles. The number of nitrogens with zero attached hydrogens (tertiary/aromatic N) is 1. The van der Waals surface area contributed by atoms with Crippen LogP contribution in [0.2, 0.25) is 5.02 Å². The van der Waals surface area contributed by atoms with E-state index in [0.29, 0.717) is 16.5 Å². The van der Waals surface area contributed by atoms with Crippen LogP contribution in [0.15, 0.2) is 65.7 Å². The van der Waals surface area contributed by atoms with E-state index < -0.39 is 10.0 Å². The van der Waals surface area contributed by atoms with Gasteiger partial charge in [-0.2, -0.15) is 0 Å². The molecule has 0 aliphatic heterocycles. The summed E-state index contributed by atoms with van der Waals surface area (Å²) >= 11 is 5.86. The zero-order chi connectivity index (χ0) is 18.7. The molecule has 134 valence electrons. The van der Waals surface area contributed by atoms with Crippen LogP contribution in [0.3, 0.4) is 0 Å². The van der Waals surface area contributed by atoms with Gasteiger partial charge in [-0.05, 0) is 73.5 Å². The van der Waals surface area contributed by atoms with Gasteiger partial charge >= 0.3 is 0 Å². The van der Waals surface area contributed by atoms with Crippen molar-refractivity contribution in [2.75, 3.05) is 10.0 Å². The molecule has 0 amide bonds. The number of benzene rings is 2. The molecule has 0 saturated carbocycles. The maximum Gasteiger partial charge on any atom is 0.261 e. The van der Waals surface area contributed by atoms with Crippen molar-refractivity contribution >= 4 is 38.8 Å². The predicted octanol–water partition coefficient (Wildman–Crippen LogP) is 4.90. The predicted molar refractivity (Wildman–Crippen MR) is 106 cm³/mol. The van der Waals surface area contributed by atoms with Crippen molar-refractivity contribution in [1.29, 1.82) is 0 Å². The van der Waals surface area contributed by atoms with Crippen LogP contribution in [0.25, 0.3) is 0 Å². The largest absolute Gasteiger partial charge is 0.340 e. The molecule has 3 aromatic rings. The van der Waals surface area contributed by atoms with E-state index >= 15 is 0 Å². The van der Waals surface area contributed by atoms with Gasteiger partial charge < -0.3 is 5.32 Å². The highest BCUT2D eigenvalue weighted by atomic mass is 35.5. The fraction of sp³-hybridized carbons (Fsp3) is 0.105. The molecule has 0 atom stereocenters. The maximum atomic E-state index is 12.5. The van der Waals surface area contributed by atoms with Gasteiger partial charge in [0, 0.05) is 10.7 Å². The van der Waals surface area contributed by atoms with Gasteiger partial charge in [-0.3, -0.25) is 4.72 Å². The van der Waals surface area contributed by atoms with Gasteiger partial charge in [0.1, 0.15) is 5.82 Å². The molecule has 0 bridgehead atoms. The van der Waals surface area contributed by atoms with E-state index in [1.807, 2.05) is 26.0 Å². The zero-order valence-electron chi connectivity index (χ0n) is 14.3. The summed E-state index contributed by atoms with van der Waals surface area (Å²) in [7, 11) is -3.65. The summed E-state index contributed by atoms with van der Waals surface area (Å²) in [5.74, 6) is 0.599. The molecule has 2 N–H and O–H groups in total. The summed E-state index contributed by atoms with van der Waals surface area (Å²) in [5.41, 5.74) is 3.20. The Balaban J connectivity index is 1.73. The molecule has 0 unspecified atom stereocenters. The van der Waals surface area contributed by atoms with E-state index in [-0.39, 0.29) is 4.90 Å². The van der Waals surface area contributed by atoms with Gasteiger partial charge in [0.15, 0.2) is 0 Å². The molecule has 0 saturated heterocycles. The fourth-order valence-electron chi connectivity index (χ4n) is 2.30. The monoisotopic (exact) mass is 387 g/mol. The Morgan fingerprint density at radius 2 is 1.58 bits per heavy atom. The first-order valence-electron chi connectivity index (χ1n) is 7.92. The van der Waals surface area contributed by atoms with Crippen LogP contribution in [0.4, 0.5) is 17.2 Å². The van der Waals surface area contributed by atoms with Gasteiger partial charge in [-0.15, -0.1) is 0 Å². The standard InChI is InChI=1S/C19H18ClN3O2S/c1-13-3-9-18(11-14(13)2)26(24,25)23-17-8-10-19(21-12-17)22-16-6-4-15(20)5-7-16/h3-12,23H,1-2H3,(H,21,22). The lowest BCUT2D eigenvalue weighted by Crippen LogP contribution is -2.13. The van der Waals surface area contributed by atoms with Crippen LogP contribution in [0, 0.1) is 13.8 Å². The van der Waals surface area contributed by atoms with Crippen LogP contribution in [0.5, 0.6) is 0 Å². The molecule has 0 radical (unpaired) electrons. The quantitative estimate of drug-likeness (QED) is 0.653. The van der Waals surface area contributed by atoms with Crippen LogP contribution in [-0.2, 0) is 10.0 Å². The highest BCUT2D eigenvalue weighted by molar-refractivity contribution is 7.92. The number of aryl methyl sites for hydroxylation is 2. The highest BCUT2D eigenvalue weighted by Gasteiger charge is 2.15. The molecule has 3 rings (SSSR count). The highest BCUT2D eigenvalue weighted by Crippen LogP contribution is 2.21. The number of hydrogen-bond donors (Lipinski definition) is 2. The summed E-state index contributed by atoms with van der Waals surface area (Å²) < 4.78 is 27.6. The minimum absolute atomic E-state index is 0.226. The molecule has 0 aliphatic rings. The van der Waals surface area contributed by atoms with Crippen molar-refractivity contribution in [2.24, 2.45) is 0 Å². The molecule has 1 aromatic heterocycles. The summed E-state index contributed by atoms with van der Waals surface area (Å²) in [6, 6.07) is 15.6. The van der Waals surface area contributed by atoms with Crippen LogP contribution < -0.4 is 10.0 Å². The Kier molecular flexibility index (Phi) is 5.15. The van der Waals surface area contributed by atoms with Gasteiger partial charge in [-0.1, -0.05) is 17.7 Å². The van der Waals surface area contributed by atoms with Gasteiger partial charge in [0.25, 0.3) is 10.0 Å². The fourth-order valence-corrected chi connectivity index (χ4v) is 3.56. The Morgan fingerprint density at radius 3 is 2.19 bits per heavy atom. The molecular formula is C19H18ClN3O2S. The average molecular weight is 388 g/mol. The topological polar surface area (TPSA) is 71.1 Å². The van der Waals surface area contributed by atoms with E-state index in [1.165, 1.54) is 6.20 Å². The van der Waals surface area contributed by atoms with Crippen LogP contribution >= 0.6 is 11.6 Å². The number of pyridine rings is 1. The SMILES string of the molecule is Cc1ccc(S(=O)(=O)Nc2ccc(Nc3ccc(Cl)cc3)nc2)cc1C. The average Bonchev–Trinajstić information content (AvgIpc) is 2.61. The van der Waals surface area contributed by atoms with Gasteiger partial charge in [0.05, 0.1) is 16.8 Å². The van der Waals surface area contributed by atoms with E-state index in [9.17, 15) is 8.42 Å². The van der Waals surface area contributed by atoms with Crippen molar-refractivity contribution < 1.29 is 8.42 Å². The molecule has 0 fully saturated rings. The second-order valence-corrected chi connectivity index (χ2v) is 8.03. The van der Waals surface area contributed by atoms with Gasteiger partial charge in [0.2, 0.25) is 0 Å². The van der Waals surface area contributed by atoms with E-state index in [1.54, 1.807) is 42.5 Å². The third-order valence-corrected chi connectivity index (χ3v) is 5.55. The lowest BCUT2D eigenvalue weighted by molar-refractivity contribution is 0.601. The summed E-state index contributed by atoms with van der Waals surface area (Å²) in [5, 5.41) is 3.77. The third-order valence-electron chi connectivity index (χ3n) is 3.92. The van der Waals surface area contributed by atoms with Crippen molar-refractivity contribution in [1.82, 2.24) is 4.98 Å². The number of hydrogen-bond acceptors (Lipinski definition) is 4. The van der Waals surface area contributed by atoms with Gasteiger partial charge in [-0.25, -0.2) is 13.4 Å². The lowest BCUT2D eigenvalue weighted by Gasteiger charge is -2.10.